The number of hydrogen-bond donors (Lipinski definition) is 0. The van der Waals surface area contributed by atoms with Crippen LogP contribution < -0.4 is 0 Å². The number of hydrogen-bond acceptors (Lipinski definition) is 0. The fraction of sp³-hybridized carbons (Fsp3) is 1.00. The van der Waals surface area contributed by atoms with Gasteiger partial charge in [0, 0.05) is 0 Å². The van der Waals surface area contributed by atoms with Gasteiger partial charge in [0.2, 0.25) is 0 Å². The topological polar surface area (TPSA) is 0 Å². The fourth-order valence-electron chi connectivity index (χ4n) is 1.24. The zero-order valence-corrected chi connectivity index (χ0v) is 9.96. The minimum Gasteiger partial charge on any atom is -0.134 e. The first-order valence-electron chi connectivity index (χ1n) is 4.55. The first kappa shape index (κ1) is 11.4. The minimum absolute atomic E-state index is 0.443. The number of rotatable bonds is 3. The van der Waals surface area contributed by atoms with Crippen molar-refractivity contribution >= 4 is 9.24 Å². The lowest BCUT2D eigenvalue weighted by molar-refractivity contribution is 0.211. The van der Waals surface area contributed by atoms with E-state index in [0.29, 0.717) is 5.41 Å². The van der Waals surface area contributed by atoms with Gasteiger partial charge in [-0.1, -0.05) is 41.5 Å². The van der Waals surface area contributed by atoms with E-state index in [1.807, 2.05) is 0 Å². The molecule has 0 aliphatic rings. The van der Waals surface area contributed by atoms with Crippen molar-refractivity contribution in [2.24, 2.45) is 17.3 Å². The molecule has 0 aliphatic heterocycles. The van der Waals surface area contributed by atoms with Gasteiger partial charge in [-0.15, -0.1) is 9.24 Å². The van der Waals surface area contributed by atoms with E-state index < -0.39 is 0 Å². The van der Waals surface area contributed by atoms with Crippen LogP contribution in [-0.4, -0.2) is 5.66 Å². The third kappa shape index (κ3) is 2.75. The Labute approximate surface area is 74.4 Å². The first-order valence-corrected chi connectivity index (χ1v) is 5.22. The smallest absolute Gasteiger partial charge is 0.0187 e. The van der Waals surface area contributed by atoms with Crippen LogP contribution in [0, 0.1) is 17.3 Å². The summed E-state index contributed by atoms with van der Waals surface area (Å²) in [7, 11) is 2.99. The van der Waals surface area contributed by atoms with Crippen LogP contribution in [0.4, 0.5) is 0 Å². The molecule has 0 heterocycles. The molecular weight excluding hydrogens is 151 g/mol. The van der Waals surface area contributed by atoms with Crippen molar-refractivity contribution in [2.45, 2.75) is 47.2 Å². The van der Waals surface area contributed by atoms with Crippen molar-refractivity contribution in [3.63, 3.8) is 0 Å². The van der Waals surface area contributed by atoms with Crippen molar-refractivity contribution < 1.29 is 0 Å². The summed E-state index contributed by atoms with van der Waals surface area (Å²) < 4.78 is 0. The van der Waals surface area contributed by atoms with E-state index >= 15 is 0 Å². The molecule has 1 heteroatoms. The largest absolute Gasteiger partial charge is 0.134 e. The van der Waals surface area contributed by atoms with E-state index in [4.69, 9.17) is 0 Å². The van der Waals surface area contributed by atoms with Gasteiger partial charge in [0.25, 0.3) is 0 Å². The van der Waals surface area contributed by atoms with Crippen molar-refractivity contribution in [3.8, 4) is 0 Å². The molecule has 0 saturated carbocycles. The molecule has 0 rings (SSSR count). The fourth-order valence-corrected chi connectivity index (χ4v) is 1.63. The van der Waals surface area contributed by atoms with E-state index in [0.717, 1.165) is 17.5 Å². The molecule has 0 fully saturated rings. The maximum Gasteiger partial charge on any atom is -0.0187 e. The summed E-state index contributed by atoms with van der Waals surface area (Å²) in [5.41, 5.74) is 1.17. The van der Waals surface area contributed by atoms with Crippen LogP contribution in [-0.2, 0) is 0 Å². The van der Waals surface area contributed by atoms with Crippen molar-refractivity contribution in [1.29, 1.82) is 0 Å². The second-order valence-corrected chi connectivity index (χ2v) is 5.46. The van der Waals surface area contributed by atoms with Gasteiger partial charge in [-0.2, -0.15) is 0 Å². The average molecular weight is 174 g/mol. The van der Waals surface area contributed by atoms with Gasteiger partial charge in [0.15, 0.2) is 0 Å². The molecule has 0 saturated heterocycles. The molecule has 0 aromatic heterocycles. The summed E-state index contributed by atoms with van der Waals surface area (Å²) in [5.74, 6) is 1.52. The van der Waals surface area contributed by atoms with Gasteiger partial charge in [0.1, 0.15) is 0 Å². The Bertz CT molecular complexity index is 114. The van der Waals surface area contributed by atoms with E-state index in [-0.39, 0.29) is 0 Å². The van der Waals surface area contributed by atoms with Gasteiger partial charge in [-0.3, -0.25) is 0 Å². The van der Waals surface area contributed by atoms with Gasteiger partial charge in [-0.25, -0.2) is 0 Å². The molecule has 0 N–H and O–H groups in total. The van der Waals surface area contributed by atoms with Crippen LogP contribution >= 0.6 is 9.24 Å². The van der Waals surface area contributed by atoms with Crippen molar-refractivity contribution in [2.75, 3.05) is 0 Å². The Morgan fingerprint density at radius 2 is 1.36 bits per heavy atom. The maximum absolute atomic E-state index is 2.99. The molecule has 0 aromatic carbocycles. The third-order valence-electron chi connectivity index (χ3n) is 3.07. The summed E-state index contributed by atoms with van der Waals surface area (Å²) in [4.78, 5) is 0. The highest BCUT2D eigenvalue weighted by atomic mass is 31.0. The van der Waals surface area contributed by atoms with Crippen LogP contribution in [0.2, 0.25) is 0 Å². The predicted molar refractivity (Wildman–Crippen MR) is 57.0 cm³/mol. The molecule has 0 bridgehead atoms. The molecule has 2 atom stereocenters. The highest BCUT2D eigenvalue weighted by Crippen LogP contribution is 2.38. The van der Waals surface area contributed by atoms with Gasteiger partial charge in [0.05, 0.1) is 0 Å². The zero-order chi connectivity index (χ0) is 9.23. The summed E-state index contributed by atoms with van der Waals surface area (Å²) in [6.07, 6.45) is 0. The zero-order valence-electron chi connectivity index (χ0n) is 8.81. The maximum atomic E-state index is 2.99. The summed E-state index contributed by atoms with van der Waals surface area (Å²) in [5, 5.41) is 0. The second kappa shape index (κ2) is 3.90. The highest BCUT2D eigenvalue weighted by Gasteiger charge is 2.30. The lowest BCUT2D eigenvalue weighted by Gasteiger charge is -2.38. The lowest BCUT2D eigenvalue weighted by atomic mass is 9.74. The van der Waals surface area contributed by atoms with Crippen LogP contribution in [0.1, 0.15) is 41.5 Å². The molecular formula is C10H23P. The van der Waals surface area contributed by atoms with Crippen molar-refractivity contribution in [1.82, 2.24) is 0 Å². The highest BCUT2D eigenvalue weighted by molar-refractivity contribution is 7.17. The van der Waals surface area contributed by atoms with E-state index in [2.05, 4.69) is 50.8 Å². The summed E-state index contributed by atoms with van der Waals surface area (Å²) >= 11 is 0. The summed E-state index contributed by atoms with van der Waals surface area (Å²) in [6, 6.07) is 0. The normalized spacial score (nSPS) is 16.1. The molecule has 0 aliphatic carbocycles. The molecule has 0 spiro atoms. The standard InChI is InChI=1S/C10H23P/c1-7(2)9(11)10(5,6)8(3)4/h7-9H,11H2,1-6H3. The third-order valence-corrected chi connectivity index (χ3v) is 4.69. The Morgan fingerprint density at radius 3 is 1.45 bits per heavy atom. The van der Waals surface area contributed by atoms with E-state index in [9.17, 15) is 0 Å². The molecule has 11 heavy (non-hydrogen) atoms. The molecule has 2 unspecified atom stereocenters. The van der Waals surface area contributed by atoms with Crippen molar-refractivity contribution in [3.05, 3.63) is 0 Å². The second-order valence-electron chi connectivity index (χ2n) is 4.75. The SMILES string of the molecule is CC(C)C(P)C(C)(C)C(C)C. The Hall–Kier alpha value is 0.430. The Balaban J connectivity index is 4.29. The van der Waals surface area contributed by atoms with Crippen LogP contribution in [0.3, 0.4) is 0 Å². The summed E-state index contributed by atoms with van der Waals surface area (Å²) in [6.45, 7) is 13.9. The predicted octanol–water partition coefficient (Wildman–Crippen LogP) is 3.57. The van der Waals surface area contributed by atoms with Gasteiger partial charge >= 0.3 is 0 Å². The quantitative estimate of drug-likeness (QED) is 0.574. The molecule has 0 radical (unpaired) electrons. The molecule has 68 valence electrons. The monoisotopic (exact) mass is 174 g/mol. The van der Waals surface area contributed by atoms with Gasteiger partial charge in [-0.05, 0) is 22.9 Å². The van der Waals surface area contributed by atoms with Crippen LogP contribution in [0.5, 0.6) is 0 Å². The Kier molecular flexibility index (Phi) is 4.05. The van der Waals surface area contributed by atoms with Crippen LogP contribution in [0.15, 0.2) is 0 Å². The lowest BCUT2D eigenvalue weighted by Crippen LogP contribution is -2.33. The molecule has 0 amide bonds. The van der Waals surface area contributed by atoms with E-state index in [1.54, 1.807) is 0 Å². The average Bonchev–Trinajstić information content (AvgIpc) is 1.85. The van der Waals surface area contributed by atoms with Crippen LogP contribution in [0.25, 0.3) is 0 Å². The molecule has 0 aromatic rings. The molecule has 0 nitrogen and oxygen atoms in total. The first-order chi connectivity index (χ1) is 4.80. The minimum atomic E-state index is 0.443. The van der Waals surface area contributed by atoms with E-state index in [1.165, 1.54) is 0 Å². The van der Waals surface area contributed by atoms with Gasteiger partial charge < -0.3 is 0 Å². The Morgan fingerprint density at radius 1 is 1.00 bits per heavy atom.